The zero-order valence-corrected chi connectivity index (χ0v) is 15.0. The van der Waals surface area contributed by atoms with Crippen LogP contribution in [0.2, 0.25) is 0 Å². The lowest BCUT2D eigenvalue weighted by atomic mass is 9.77. The molecule has 3 N–H and O–H groups in total. The van der Waals surface area contributed by atoms with Crippen LogP contribution in [-0.4, -0.2) is 32.1 Å². The number of thiophene rings is 1. The van der Waals surface area contributed by atoms with E-state index in [4.69, 9.17) is 0 Å². The quantitative estimate of drug-likeness (QED) is 0.612. The summed E-state index contributed by atoms with van der Waals surface area (Å²) < 4.78 is 39.2. The molecule has 0 bridgehead atoms. The number of phenolic OH excluding ortho intramolecular Hbond substituents is 1. The topological polar surface area (TPSA) is 78.3 Å². The monoisotopic (exact) mass is 395 g/mol. The van der Waals surface area contributed by atoms with Crippen LogP contribution in [0.25, 0.3) is 21.3 Å². The van der Waals surface area contributed by atoms with Crippen molar-refractivity contribution in [3.63, 3.8) is 0 Å². The fourth-order valence-electron chi connectivity index (χ4n) is 3.38. The predicted octanol–water partition coefficient (Wildman–Crippen LogP) is 4.41. The number of benzene rings is 1. The van der Waals surface area contributed by atoms with E-state index in [0.717, 1.165) is 10.8 Å². The average molecular weight is 395 g/mol. The second-order valence-electron chi connectivity index (χ2n) is 7.04. The highest BCUT2D eigenvalue weighted by Crippen LogP contribution is 2.41. The largest absolute Gasteiger partial charge is 0.507 e. The molecule has 9 heteroatoms. The van der Waals surface area contributed by atoms with Crippen LogP contribution in [0.1, 0.15) is 25.3 Å². The lowest BCUT2D eigenvalue weighted by Crippen LogP contribution is -2.48. The fourth-order valence-corrected chi connectivity index (χ4v) is 4.22. The molecule has 0 atom stereocenters. The van der Waals surface area contributed by atoms with Gasteiger partial charge in [-0.05, 0) is 49.4 Å². The van der Waals surface area contributed by atoms with Gasteiger partial charge in [-0.1, -0.05) is 0 Å². The van der Waals surface area contributed by atoms with E-state index >= 15 is 0 Å². The molecule has 0 amide bonds. The molecule has 4 rings (SSSR count). The van der Waals surface area contributed by atoms with E-state index < -0.39 is 23.1 Å². The van der Waals surface area contributed by atoms with Gasteiger partial charge in [-0.2, -0.15) is 13.2 Å². The summed E-state index contributed by atoms with van der Waals surface area (Å²) in [6, 6.07) is 4.69. The first kappa shape index (κ1) is 18.0. The summed E-state index contributed by atoms with van der Waals surface area (Å²) in [4.78, 5) is 0. The first-order valence-corrected chi connectivity index (χ1v) is 9.15. The second-order valence-corrected chi connectivity index (χ2v) is 7.95. The van der Waals surface area contributed by atoms with Gasteiger partial charge in [0.05, 0.1) is 15.9 Å². The standard InChI is InChI=1S/C18H16F3N3O2S/c1-17(26)7-10(8-17)22-16-15-12(4-5-27-15)14(23-24-16)11-3-2-9(6-13(11)25)18(19,20)21/h2-6,10,25-26H,7-8H2,1H3,(H,22,24). The van der Waals surface area contributed by atoms with Gasteiger partial charge >= 0.3 is 6.18 Å². The summed E-state index contributed by atoms with van der Waals surface area (Å²) in [5.74, 6) is 0.0676. The van der Waals surface area contributed by atoms with Crippen LogP contribution >= 0.6 is 11.3 Å². The van der Waals surface area contributed by atoms with E-state index in [1.165, 1.54) is 17.4 Å². The van der Waals surface area contributed by atoms with Crippen molar-refractivity contribution in [2.45, 2.75) is 37.6 Å². The number of aliphatic hydroxyl groups is 1. The molecule has 2 heterocycles. The van der Waals surface area contributed by atoms with Crippen LogP contribution in [0.5, 0.6) is 5.75 Å². The third-order valence-electron chi connectivity index (χ3n) is 4.68. The zero-order chi connectivity index (χ0) is 19.4. The van der Waals surface area contributed by atoms with Crippen LogP contribution < -0.4 is 5.32 Å². The molecule has 1 fully saturated rings. The third kappa shape index (κ3) is 3.32. The molecule has 3 aromatic rings. The molecule has 0 saturated heterocycles. The molecular formula is C18H16F3N3O2S. The lowest BCUT2D eigenvalue weighted by molar-refractivity contribution is -0.137. The number of nitrogens with zero attached hydrogens (tertiary/aromatic N) is 2. The summed E-state index contributed by atoms with van der Waals surface area (Å²) in [6.07, 6.45) is -3.33. The van der Waals surface area contributed by atoms with Gasteiger partial charge in [0.2, 0.25) is 0 Å². The third-order valence-corrected chi connectivity index (χ3v) is 5.60. The SMILES string of the molecule is CC1(O)CC(Nc2nnc(-c3ccc(C(F)(F)F)cc3O)c3ccsc23)C1. The average Bonchev–Trinajstić information content (AvgIpc) is 3.03. The van der Waals surface area contributed by atoms with Gasteiger partial charge in [-0.25, -0.2) is 0 Å². The van der Waals surface area contributed by atoms with Crippen LogP contribution in [-0.2, 0) is 6.18 Å². The molecule has 1 saturated carbocycles. The maximum atomic E-state index is 12.8. The Morgan fingerprint density at radius 2 is 1.96 bits per heavy atom. The Kier molecular flexibility index (Phi) is 4.04. The summed E-state index contributed by atoms with van der Waals surface area (Å²) in [5.41, 5.74) is -1.08. The normalized spacial score (nSPS) is 22.6. The highest BCUT2D eigenvalue weighted by molar-refractivity contribution is 7.17. The zero-order valence-electron chi connectivity index (χ0n) is 14.2. The van der Waals surface area contributed by atoms with E-state index in [1.807, 2.05) is 5.38 Å². The molecule has 1 aliphatic rings. The van der Waals surface area contributed by atoms with E-state index in [0.29, 0.717) is 35.8 Å². The molecule has 142 valence electrons. The number of alkyl halides is 3. The number of anilines is 1. The minimum atomic E-state index is -4.53. The van der Waals surface area contributed by atoms with Gasteiger partial charge < -0.3 is 15.5 Å². The van der Waals surface area contributed by atoms with Crippen molar-refractivity contribution in [3.05, 3.63) is 35.2 Å². The van der Waals surface area contributed by atoms with Crippen LogP contribution in [0, 0.1) is 0 Å². The number of nitrogens with one attached hydrogen (secondary N) is 1. The summed E-state index contributed by atoms with van der Waals surface area (Å²) in [7, 11) is 0. The fraction of sp³-hybridized carbons (Fsp3) is 0.333. The smallest absolute Gasteiger partial charge is 0.416 e. The number of rotatable bonds is 3. The molecular weight excluding hydrogens is 379 g/mol. The maximum Gasteiger partial charge on any atom is 0.416 e. The number of hydrogen-bond donors (Lipinski definition) is 3. The summed E-state index contributed by atoms with van der Waals surface area (Å²) in [6.45, 7) is 1.77. The van der Waals surface area contributed by atoms with Crippen molar-refractivity contribution in [3.8, 4) is 17.0 Å². The van der Waals surface area contributed by atoms with Crippen molar-refractivity contribution in [2.24, 2.45) is 0 Å². The number of phenols is 1. The Bertz CT molecular complexity index is 1010. The molecule has 27 heavy (non-hydrogen) atoms. The van der Waals surface area contributed by atoms with E-state index in [9.17, 15) is 23.4 Å². The van der Waals surface area contributed by atoms with Gasteiger partial charge in [-0.3, -0.25) is 0 Å². The highest BCUT2D eigenvalue weighted by atomic mass is 32.1. The lowest BCUT2D eigenvalue weighted by Gasteiger charge is -2.41. The predicted molar refractivity (Wildman–Crippen MR) is 96.8 cm³/mol. The first-order valence-electron chi connectivity index (χ1n) is 8.27. The summed E-state index contributed by atoms with van der Waals surface area (Å²) in [5, 5.41) is 34.1. The number of halogens is 3. The summed E-state index contributed by atoms with van der Waals surface area (Å²) >= 11 is 1.42. The van der Waals surface area contributed by atoms with Crippen LogP contribution in [0.3, 0.4) is 0 Å². The molecule has 5 nitrogen and oxygen atoms in total. The van der Waals surface area contributed by atoms with Crippen LogP contribution in [0.4, 0.5) is 19.0 Å². The Hall–Kier alpha value is -2.39. The van der Waals surface area contributed by atoms with Gasteiger partial charge in [0, 0.05) is 17.0 Å². The maximum absolute atomic E-state index is 12.8. The minimum absolute atomic E-state index is 0.0879. The molecule has 0 radical (unpaired) electrons. The Labute approximate surface area is 156 Å². The van der Waals surface area contributed by atoms with E-state index in [-0.39, 0.29) is 11.6 Å². The van der Waals surface area contributed by atoms with Crippen molar-refractivity contribution in [1.82, 2.24) is 10.2 Å². The Balaban J connectivity index is 1.70. The first-order chi connectivity index (χ1) is 12.6. The number of aromatic nitrogens is 2. The highest BCUT2D eigenvalue weighted by Gasteiger charge is 2.38. The minimum Gasteiger partial charge on any atom is -0.507 e. The van der Waals surface area contributed by atoms with E-state index in [1.54, 1.807) is 13.0 Å². The number of aromatic hydroxyl groups is 1. The molecule has 1 aromatic carbocycles. The van der Waals surface area contributed by atoms with E-state index in [2.05, 4.69) is 15.5 Å². The van der Waals surface area contributed by atoms with Gasteiger partial charge in [0.1, 0.15) is 11.4 Å². The van der Waals surface area contributed by atoms with Crippen molar-refractivity contribution in [1.29, 1.82) is 0 Å². The Morgan fingerprint density at radius 1 is 1.22 bits per heavy atom. The van der Waals surface area contributed by atoms with Crippen molar-refractivity contribution < 1.29 is 23.4 Å². The molecule has 0 spiro atoms. The number of fused-ring (bicyclic) bond motifs is 1. The molecule has 1 aliphatic carbocycles. The van der Waals surface area contributed by atoms with Gasteiger partial charge in [-0.15, -0.1) is 21.5 Å². The Morgan fingerprint density at radius 3 is 2.59 bits per heavy atom. The van der Waals surface area contributed by atoms with Crippen LogP contribution in [0.15, 0.2) is 29.6 Å². The van der Waals surface area contributed by atoms with Crippen molar-refractivity contribution in [2.75, 3.05) is 5.32 Å². The molecule has 0 unspecified atom stereocenters. The van der Waals surface area contributed by atoms with Gasteiger partial charge in [0.25, 0.3) is 0 Å². The number of hydrogen-bond acceptors (Lipinski definition) is 6. The molecule has 0 aliphatic heterocycles. The second kappa shape index (κ2) is 6.07. The molecule has 2 aromatic heterocycles. The van der Waals surface area contributed by atoms with Crippen molar-refractivity contribution >= 4 is 27.2 Å². The van der Waals surface area contributed by atoms with Gasteiger partial charge in [0.15, 0.2) is 5.82 Å².